The number of aliphatic hydroxyl groups excluding tert-OH is 4. The van der Waals surface area contributed by atoms with E-state index in [1.165, 1.54) is 0 Å². The van der Waals surface area contributed by atoms with Gasteiger partial charge in [0, 0.05) is 26.4 Å². The van der Waals surface area contributed by atoms with E-state index < -0.39 is 6.96 Å². The van der Waals surface area contributed by atoms with Gasteiger partial charge in [0.25, 0.3) is 0 Å². The summed E-state index contributed by atoms with van der Waals surface area (Å²) < 4.78 is 89.0. The number of hydrogen-bond acceptors (Lipinski definition) is 20. The SMILES string of the molecule is OCCOCCOCCOCCO[B-](OCCOCCOCCOCCO)(OCCOCCOCCOCCO)OCCOCCOCCOCCO. The number of hydrogen-bond donors (Lipinski definition) is 4. The van der Waals surface area contributed by atoms with Crippen molar-refractivity contribution in [2.75, 3.05) is 211 Å². The van der Waals surface area contributed by atoms with Crippen molar-refractivity contribution in [3.05, 3.63) is 0 Å². The zero-order chi connectivity index (χ0) is 38.4. The van der Waals surface area contributed by atoms with E-state index in [2.05, 4.69) is 0 Å². The van der Waals surface area contributed by atoms with E-state index in [1.54, 1.807) is 0 Å². The molecule has 0 unspecified atom stereocenters. The molecule has 4 N–H and O–H groups in total. The number of ether oxygens (including phenoxy) is 12. The molecular weight excluding hydrogens is 715 g/mol. The molecule has 0 aromatic rings. The molecule has 0 amide bonds. The summed E-state index contributed by atoms with van der Waals surface area (Å²) in [6.07, 6.45) is 0. The largest absolute Gasteiger partial charge is 0.531 e. The van der Waals surface area contributed by atoms with Crippen LogP contribution in [-0.2, 0) is 75.5 Å². The van der Waals surface area contributed by atoms with Crippen LogP contribution in [0.5, 0.6) is 0 Å². The summed E-state index contributed by atoms with van der Waals surface area (Å²) in [7, 11) is 0. The quantitative estimate of drug-likeness (QED) is 0.0374. The van der Waals surface area contributed by atoms with Crippen molar-refractivity contribution < 1.29 is 95.9 Å². The van der Waals surface area contributed by atoms with Crippen molar-refractivity contribution >= 4 is 6.96 Å². The molecule has 0 saturated heterocycles. The molecule has 0 aliphatic heterocycles. The third-order valence-electron chi connectivity index (χ3n) is 6.12. The second-order valence-corrected chi connectivity index (χ2v) is 10.3. The Morgan fingerprint density at radius 3 is 0.472 bits per heavy atom. The molecule has 0 radical (unpaired) electrons. The van der Waals surface area contributed by atoms with Crippen molar-refractivity contribution in [3.8, 4) is 0 Å². The maximum absolute atomic E-state index is 8.75. The fraction of sp³-hybridized carbons (Fsp3) is 1.00. The van der Waals surface area contributed by atoms with Crippen LogP contribution in [0.4, 0.5) is 0 Å². The van der Waals surface area contributed by atoms with Crippen LogP contribution in [0.25, 0.3) is 0 Å². The van der Waals surface area contributed by atoms with E-state index in [-0.39, 0.29) is 106 Å². The monoisotopic (exact) mass is 783 g/mol. The first kappa shape index (κ1) is 52.3. The first-order valence-corrected chi connectivity index (χ1v) is 18.3. The molecule has 53 heavy (non-hydrogen) atoms. The highest BCUT2D eigenvalue weighted by Crippen LogP contribution is 2.13. The normalized spacial score (nSPS) is 12.0. The van der Waals surface area contributed by atoms with Crippen LogP contribution in [0.15, 0.2) is 0 Å². The van der Waals surface area contributed by atoms with Gasteiger partial charge in [-0.15, -0.1) is 0 Å². The van der Waals surface area contributed by atoms with Crippen LogP contribution >= 0.6 is 0 Å². The molecule has 0 aromatic carbocycles. The Morgan fingerprint density at radius 1 is 0.189 bits per heavy atom. The molecule has 0 aromatic heterocycles. The minimum atomic E-state index is -2.75. The Balaban J connectivity index is 4.89. The Labute approximate surface area is 314 Å². The van der Waals surface area contributed by atoms with Crippen molar-refractivity contribution in [3.63, 3.8) is 0 Å². The highest BCUT2D eigenvalue weighted by atomic mass is 16.9. The lowest BCUT2D eigenvalue weighted by molar-refractivity contribution is -0.0755. The lowest BCUT2D eigenvalue weighted by Gasteiger charge is -2.41. The van der Waals surface area contributed by atoms with E-state index >= 15 is 0 Å². The highest BCUT2D eigenvalue weighted by Gasteiger charge is 2.32. The Kier molecular flexibility index (Phi) is 45.0. The standard InChI is InChI=1S/C32H68BO20/c34-1-5-38-9-13-42-17-21-46-25-29-50-33(51-30-26-47-22-18-43-14-10-39-6-2-35,52-31-27-48-23-19-44-15-11-40-7-3-36)53-32-28-49-24-20-45-16-12-41-8-4-37/h34-37H,1-32H2/q-1. The molecule has 0 fully saturated rings. The average Bonchev–Trinajstić information content (AvgIpc) is 3.17. The zero-order valence-electron chi connectivity index (χ0n) is 31.5. The number of aliphatic hydroxyl groups is 4. The van der Waals surface area contributed by atoms with Crippen molar-refractivity contribution in [2.45, 2.75) is 0 Å². The molecule has 320 valence electrons. The van der Waals surface area contributed by atoms with Crippen LogP contribution < -0.4 is 0 Å². The maximum atomic E-state index is 8.75. The van der Waals surface area contributed by atoms with Gasteiger partial charge < -0.3 is 95.9 Å². The van der Waals surface area contributed by atoms with Crippen LogP contribution in [0.1, 0.15) is 0 Å². The molecule has 0 atom stereocenters. The molecular formula is C32H68BO20-. The second kappa shape index (κ2) is 45.7. The molecule has 0 rings (SSSR count). The van der Waals surface area contributed by atoms with Crippen molar-refractivity contribution in [1.29, 1.82) is 0 Å². The van der Waals surface area contributed by atoms with Gasteiger partial charge in [-0.2, -0.15) is 0 Å². The minimum Gasteiger partial charge on any atom is -0.517 e. The van der Waals surface area contributed by atoms with Crippen molar-refractivity contribution in [2.24, 2.45) is 0 Å². The average molecular weight is 784 g/mol. The van der Waals surface area contributed by atoms with E-state index in [1.807, 2.05) is 0 Å². The Hall–Kier alpha value is -0.735. The van der Waals surface area contributed by atoms with Gasteiger partial charge in [0.05, 0.1) is 185 Å². The van der Waals surface area contributed by atoms with Gasteiger partial charge in [-0.05, 0) is 0 Å². The van der Waals surface area contributed by atoms with E-state index in [0.717, 1.165) is 0 Å². The predicted molar refractivity (Wildman–Crippen MR) is 188 cm³/mol. The first-order valence-electron chi connectivity index (χ1n) is 18.3. The molecule has 0 spiro atoms. The van der Waals surface area contributed by atoms with Gasteiger partial charge in [-0.3, -0.25) is 0 Å². The summed E-state index contributed by atoms with van der Waals surface area (Å²) in [5, 5.41) is 35.0. The van der Waals surface area contributed by atoms with E-state index in [0.29, 0.717) is 106 Å². The molecule has 0 heterocycles. The van der Waals surface area contributed by atoms with Gasteiger partial charge in [0.1, 0.15) is 0 Å². The molecule has 21 heteroatoms. The van der Waals surface area contributed by atoms with Gasteiger partial charge in [0.2, 0.25) is 0 Å². The first-order chi connectivity index (χ1) is 26.2. The topological polar surface area (TPSA) is 229 Å². The van der Waals surface area contributed by atoms with E-state index in [4.69, 9.17) is 95.9 Å². The highest BCUT2D eigenvalue weighted by molar-refractivity contribution is 6.53. The van der Waals surface area contributed by atoms with Gasteiger partial charge in [-0.25, -0.2) is 0 Å². The third-order valence-corrected chi connectivity index (χ3v) is 6.12. The Bertz CT molecular complexity index is 567. The summed E-state index contributed by atoms with van der Waals surface area (Å²) in [6, 6.07) is 0. The summed E-state index contributed by atoms with van der Waals surface area (Å²) in [6.45, 7) is 5.03. The lowest BCUT2D eigenvalue weighted by Crippen LogP contribution is -2.51. The summed E-state index contributed by atoms with van der Waals surface area (Å²) >= 11 is 0. The minimum absolute atomic E-state index is 0.0361. The van der Waals surface area contributed by atoms with Crippen LogP contribution in [0, 0.1) is 0 Å². The van der Waals surface area contributed by atoms with Crippen LogP contribution in [0.3, 0.4) is 0 Å². The van der Waals surface area contributed by atoms with Gasteiger partial charge in [-0.1, -0.05) is 0 Å². The molecule has 0 aliphatic rings. The second-order valence-electron chi connectivity index (χ2n) is 10.3. The molecule has 0 bridgehead atoms. The van der Waals surface area contributed by atoms with Crippen LogP contribution in [0.2, 0.25) is 0 Å². The zero-order valence-corrected chi connectivity index (χ0v) is 31.5. The number of rotatable bonds is 48. The summed E-state index contributed by atoms with van der Waals surface area (Å²) in [5.41, 5.74) is 0. The van der Waals surface area contributed by atoms with Gasteiger partial charge in [0.15, 0.2) is 0 Å². The molecule has 0 aliphatic carbocycles. The smallest absolute Gasteiger partial charge is 0.517 e. The fourth-order valence-electron chi connectivity index (χ4n) is 3.72. The lowest BCUT2D eigenvalue weighted by atomic mass is 10.0. The van der Waals surface area contributed by atoms with E-state index in [9.17, 15) is 0 Å². The summed E-state index contributed by atoms with van der Waals surface area (Å²) in [5.74, 6) is 0. The van der Waals surface area contributed by atoms with Crippen LogP contribution in [-0.4, -0.2) is 239 Å². The molecule has 20 nitrogen and oxygen atoms in total. The summed E-state index contributed by atoms with van der Waals surface area (Å²) in [4.78, 5) is 0. The third kappa shape index (κ3) is 40.7. The van der Waals surface area contributed by atoms with Crippen molar-refractivity contribution in [1.82, 2.24) is 0 Å². The Morgan fingerprint density at radius 2 is 0.321 bits per heavy atom. The fourth-order valence-corrected chi connectivity index (χ4v) is 3.72. The van der Waals surface area contributed by atoms with Gasteiger partial charge >= 0.3 is 6.96 Å². The molecule has 0 saturated carbocycles. The maximum Gasteiger partial charge on any atom is 0.531 e. The predicted octanol–water partition coefficient (Wildman–Crippen LogP) is -2.34.